The Balaban J connectivity index is 2.41. The molecule has 1 heteroatoms. The first-order valence-electron chi connectivity index (χ1n) is 4.45. The van der Waals surface area contributed by atoms with Gasteiger partial charge in [0.05, 0.1) is 0 Å². The standard InChI is InChI=1S/C11H13Cl/c1-7-4-3-5-10(12)11(7)9-6-8(9)2/h3-5,8-9H,6H2,1-2H3/t8-,9-/m0/s1. The summed E-state index contributed by atoms with van der Waals surface area (Å²) in [7, 11) is 0. The van der Waals surface area contributed by atoms with Crippen LogP contribution in [0.25, 0.3) is 0 Å². The van der Waals surface area contributed by atoms with Gasteiger partial charge in [0.2, 0.25) is 0 Å². The molecule has 2 rings (SSSR count). The molecule has 0 aromatic heterocycles. The van der Waals surface area contributed by atoms with Crippen LogP contribution in [0.4, 0.5) is 0 Å². The molecule has 0 unspecified atom stereocenters. The summed E-state index contributed by atoms with van der Waals surface area (Å²) >= 11 is 6.13. The highest BCUT2D eigenvalue weighted by molar-refractivity contribution is 6.31. The number of hydrogen-bond donors (Lipinski definition) is 0. The van der Waals surface area contributed by atoms with Gasteiger partial charge >= 0.3 is 0 Å². The van der Waals surface area contributed by atoms with E-state index in [4.69, 9.17) is 11.6 Å². The Morgan fingerprint density at radius 3 is 2.58 bits per heavy atom. The number of aryl methyl sites for hydroxylation is 1. The minimum absolute atomic E-state index is 0.735. The highest BCUT2D eigenvalue weighted by Crippen LogP contribution is 2.50. The quantitative estimate of drug-likeness (QED) is 0.617. The molecule has 12 heavy (non-hydrogen) atoms. The van der Waals surface area contributed by atoms with Gasteiger partial charge in [-0.3, -0.25) is 0 Å². The maximum absolute atomic E-state index is 6.13. The van der Waals surface area contributed by atoms with Crippen molar-refractivity contribution in [3.05, 3.63) is 34.3 Å². The summed E-state index contributed by atoms with van der Waals surface area (Å²) in [5.74, 6) is 1.57. The zero-order valence-corrected chi connectivity index (χ0v) is 8.23. The molecule has 1 fully saturated rings. The summed E-state index contributed by atoms with van der Waals surface area (Å²) in [6.07, 6.45) is 1.31. The van der Waals surface area contributed by atoms with Gasteiger partial charge in [-0.05, 0) is 42.4 Å². The Morgan fingerprint density at radius 1 is 1.42 bits per heavy atom. The van der Waals surface area contributed by atoms with Gasteiger partial charge in [-0.2, -0.15) is 0 Å². The molecule has 0 radical (unpaired) electrons. The van der Waals surface area contributed by atoms with Gasteiger partial charge in [0, 0.05) is 5.02 Å². The fraction of sp³-hybridized carbons (Fsp3) is 0.455. The van der Waals surface area contributed by atoms with Gasteiger partial charge in [-0.25, -0.2) is 0 Å². The average Bonchev–Trinajstić information content (AvgIpc) is 2.67. The van der Waals surface area contributed by atoms with Crippen LogP contribution in [0.15, 0.2) is 18.2 Å². The second-order valence-electron chi connectivity index (χ2n) is 3.79. The average molecular weight is 181 g/mol. The lowest BCUT2D eigenvalue weighted by Crippen LogP contribution is -1.87. The SMILES string of the molecule is Cc1cccc(Cl)c1[C@H]1C[C@@H]1C. The van der Waals surface area contributed by atoms with Crippen molar-refractivity contribution in [3.63, 3.8) is 0 Å². The molecule has 1 aliphatic rings. The molecule has 0 nitrogen and oxygen atoms in total. The summed E-state index contributed by atoms with van der Waals surface area (Å²) in [6, 6.07) is 6.16. The summed E-state index contributed by atoms with van der Waals surface area (Å²) < 4.78 is 0. The lowest BCUT2D eigenvalue weighted by Gasteiger charge is -2.06. The Labute approximate surface area is 78.6 Å². The minimum atomic E-state index is 0.735. The van der Waals surface area contributed by atoms with Crippen molar-refractivity contribution in [3.8, 4) is 0 Å². The van der Waals surface area contributed by atoms with Gasteiger partial charge in [0.1, 0.15) is 0 Å². The number of halogens is 1. The van der Waals surface area contributed by atoms with Crippen molar-refractivity contribution in [2.24, 2.45) is 5.92 Å². The van der Waals surface area contributed by atoms with E-state index in [1.165, 1.54) is 17.5 Å². The van der Waals surface area contributed by atoms with Crippen LogP contribution < -0.4 is 0 Å². The van der Waals surface area contributed by atoms with Gasteiger partial charge < -0.3 is 0 Å². The Morgan fingerprint density at radius 2 is 2.08 bits per heavy atom. The third-order valence-corrected chi connectivity index (χ3v) is 3.08. The summed E-state index contributed by atoms with van der Waals surface area (Å²) in [6.45, 7) is 4.43. The van der Waals surface area contributed by atoms with Crippen molar-refractivity contribution in [1.82, 2.24) is 0 Å². The van der Waals surface area contributed by atoms with E-state index in [1.807, 2.05) is 12.1 Å². The molecular weight excluding hydrogens is 168 g/mol. The highest BCUT2D eigenvalue weighted by atomic mass is 35.5. The molecule has 0 amide bonds. The van der Waals surface area contributed by atoms with Gasteiger partial charge in [0.15, 0.2) is 0 Å². The second kappa shape index (κ2) is 2.77. The van der Waals surface area contributed by atoms with Crippen molar-refractivity contribution < 1.29 is 0 Å². The normalized spacial score (nSPS) is 27.2. The number of benzene rings is 1. The fourth-order valence-corrected chi connectivity index (χ4v) is 2.20. The van der Waals surface area contributed by atoms with E-state index in [0.717, 1.165) is 16.9 Å². The molecule has 0 bridgehead atoms. The van der Waals surface area contributed by atoms with E-state index in [2.05, 4.69) is 19.9 Å². The van der Waals surface area contributed by atoms with E-state index in [-0.39, 0.29) is 0 Å². The van der Waals surface area contributed by atoms with Gasteiger partial charge in [-0.15, -0.1) is 0 Å². The Hall–Kier alpha value is -0.490. The molecule has 1 saturated carbocycles. The predicted molar refractivity (Wildman–Crippen MR) is 52.7 cm³/mol. The summed E-state index contributed by atoms with van der Waals surface area (Å²) in [5.41, 5.74) is 2.73. The first-order valence-corrected chi connectivity index (χ1v) is 4.83. The lowest BCUT2D eigenvalue weighted by atomic mass is 10.0. The molecule has 0 heterocycles. The molecule has 1 aromatic rings. The van der Waals surface area contributed by atoms with Crippen LogP contribution in [0, 0.1) is 12.8 Å². The summed E-state index contributed by atoms with van der Waals surface area (Å²) in [5, 5.41) is 0.948. The molecule has 0 saturated heterocycles. The first-order chi connectivity index (χ1) is 5.70. The van der Waals surface area contributed by atoms with Crippen LogP contribution >= 0.6 is 11.6 Å². The third-order valence-electron chi connectivity index (χ3n) is 2.75. The molecule has 64 valence electrons. The van der Waals surface area contributed by atoms with Crippen molar-refractivity contribution in [2.45, 2.75) is 26.2 Å². The van der Waals surface area contributed by atoms with E-state index in [1.54, 1.807) is 0 Å². The van der Waals surface area contributed by atoms with Gasteiger partial charge in [-0.1, -0.05) is 30.7 Å². The fourth-order valence-electron chi connectivity index (χ4n) is 1.84. The predicted octanol–water partition coefficient (Wildman–Crippen LogP) is 3.77. The second-order valence-corrected chi connectivity index (χ2v) is 4.20. The molecule has 0 spiro atoms. The maximum Gasteiger partial charge on any atom is 0.0443 e. The van der Waals surface area contributed by atoms with Crippen LogP contribution in [0.5, 0.6) is 0 Å². The third kappa shape index (κ3) is 1.25. The van der Waals surface area contributed by atoms with E-state index < -0.39 is 0 Å². The minimum Gasteiger partial charge on any atom is -0.0840 e. The van der Waals surface area contributed by atoms with Gasteiger partial charge in [0.25, 0.3) is 0 Å². The molecular formula is C11H13Cl. The maximum atomic E-state index is 6.13. The first kappa shape index (κ1) is 8.12. The van der Waals surface area contributed by atoms with E-state index >= 15 is 0 Å². The monoisotopic (exact) mass is 180 g/mol. The van der Waals surface area contributed by atoms with Crippen LogP contribution in [0.1, 0.15) is 30.4 Å². The molecule has 2 atom stereocenters. The van der Waals surface area contributed by atoms with Crippen LogP contribution in [-0.4, -0.2) is 0 Å². The van der Waals surface area contributed by atoms with Crippen molar-refractivity contribution >= 4 is 11.6 Å². The van der Waals surface area contributed by atoms with E-state index in [9.17, 15) is 0 Å². The molecule has 1 aromatic carbocycles. The number of hydrogen-bond acceptors (Lipinski definition) is 0. The Kier molecular flexibility index (Phi) is 1.88. The summed E-state index contributed by atoms with van der Waals surface area (Å²) in [4.78, 5) is 0. The largest absolute Gasteiger partial charge is 0.0840 e. The van der Waals surface area contributed by atoms with Crippen LogP contribution in [0.3, 0.4) is 0 Å². The number of rotatable bonds is 1. The van der Waals surface area contributed by atoms with Crippen LogP contribution in [0.2, 0.25) is 5.02 Å². The Bertz CT molecular complexity index is 284. The smallest absolute Gasteiger partial charge is 0.0443 e. The topological polar surface area (TPSA) is 0 Å². The molecule has 0 aliphatic heterocycles. The van der Waals surface area contributed by atoms with Crippen LogP contribution in [-0.2, 0) is 0 Å². The molecule has 1 aliphatic carbocycles. The lowest BCUT2D eigenvalue weighted by molar-refractivity contribution is 0.908. The zero-order valence-electron chi connectivity index (χ0n) is 7.47. The van der Waals surface area contributed by atoms with Crippen molar-refractivity contribution in [1.29, 1.82) is 0 Å². The highest BCUT2D eigenvalue weighted by Gasteiger charge is 2.36. The van der Waals surface area contributed by atoms with Crippen molar-refractivity contribution in [2.75, 3.05) is 0 Å². The molecule has 0 N–H and O–H groups in total. The van der Waals surface area contributed by atoms with E-state index in [0.29, 0.717) is 0 Å². The zero-order chi connectivity index (χ0) is 8.72.